The Morgan fingerprint density at radius 3 is 2.69 bits per heavy atom. The van der Waals surface area contributed by atoms with E-state index in [1.54, 1.807) is 6.20 Å². The van der Waals surface area contributed by atoms with Crippen LogP contribution in [0.25, 0.3) is 21.9 Å². The molecule has 0 bridgehead atoms. The third-order valence-electron chi connectivity index (χ3n) is 5.22. The van der Waals surface area contributed by atoms with Gasteiger partial charge in [0.1, 0.15) is 5.82 Å². The Kier molecular flexibility index (Phi) is 4.67. The van der Waals surface area contributed by atoms with Crippen molar-refractivity contribution >= 4 is 16.6 Å². The summed E-state index contributed by atoms with van der Waals surface area (Å²) >= 11 is 0. The Bertz CT molecular complexity index is 912. The highest BCUT2D eigenvalue weighted by atomic mass is 15.1. The van der Waals surface area contributed by atoms with Gasteiger partial charge in [0.15, 0.2) is 0 Å². The van der Waals surface area contributed by atoms with Gasteiger partial charge < -0.3 is 10.2 Å². The van der Waals surface area contributed by atoms with Crippen LogP contribution in [0.15, 0.2) is 67.3 Å². The highest BCUT2D eigenvalue weighted by Gasteiger charge is 2.19. The molecule has 1 aromatic carbocycles. The van der Waals surface area contributed by atoms with Gasteiger partial charge in [0.05, 0.1) is 0 Å². The predicted molar refractivity (Wildman–Crippen MR) is 108 cm³/mol. The van der Waals surface area contributed by atoms with Crippen LogP contribution in [0.5, 0.6) is 0 Å². The van der Waals surface area contributed by atoms with Gasteiger partial charge in [-0.05, 0) is 62.1 Å². The average Bonchev–Trinajstić information content (AvgIpc) is 2.68. The number of pyridine rings is 2. The SMILES string of the molecule is C=C(Nc1cc2cc(-c3cccnc3)ccc2cn1)C1CCN(C)CC1. The first kappa shape index (κ1) is 16.7. The summed E-state index contributed by atoms with van der Waals surface area (Å²) in [5.41, 5.74) is 3.36. The number of anilines is 1. The van der Waals surface area contributed by atoms with Crippen LogP contribution >= 0.6 is 0 Å². The highest BCUT2D eigenvalue weighted by molar-refractivity contribution is 5.88. The minimum atomic E-state index is 0.519. The van der Waals surface area contributed by atoms with Gasteiger partial charge in [0.25, 0.3) is 0 Å². The summed E-state index contributed by atoms with van der Waals surface area (Å²) in [5.74, 6) is 1.38. The molecule has 132 valence electrons. The smallest absolute Gasteiger partial charge is 0.130 e. The van der Waals surface area contributed by atoms with Crippen molar-refractivity contribution in [2.24, 2.45) is 5.92 Å². The number of nitrogens with one attached hydrogen (secondary N) is 1. The van der Waals surface area contributed by atoms with Crippen LogP contribution in [-0.4, -0.2) is 35.0 Å². The number of fused-ring (bicyclic) bond motifs is 1. The Labute approximate surface area is 154 Å². The maximum atomic E-state index is 4.56. The lowest BCUT2D eigenvalue weighted by Gasteiger charge is -2.30. The molecule has 0 aliphatic carbocycles. The molecule has 0 saturated carbocycles. The van der Waals surface area contributed by atoms with Crippen LogP contribution in [0.2, 0.25) is 0 Å². The Morgan fingerprint density at radius 1 is 1.08 bits per heavy atom. The summed E-state index contributed by atoms with van der Waals surface area (Å²) in [6.07, 6.45) is 7.92. The van der Waals surface area contributed by atoms with E-state index >= 15 is 0 Å². The molecule has 3 heterocycles. The monoisotopic (exact) mass is 344 g/mol. The van der Waals surface area contributed by atoms with E-state index in [2.05, 4.69) is 64.1 Å². The third-order valence-corrected chi connectivity index (χ3v) is 5.22. The predicted octanol–water partition coefficient (Wildman–Crippen LogP) is 4.56. The molecule has 1 N–H and O–H groups in total. The first-order valence-corrected chi connectivity index (χ1v) is 9.13. The summed E-state index contributed by atoms with van der Waals surface area (Å²) in [5, 5.41) is 5.74. The molecule has 0 amide bonds. The molecule has 0 unspecified atom stereocenters. The van der Waals surface area contributed by atoms with Gasteiger partial charge in [0, 0.05) is 41.2 Å². The summed E-state index contributed by atoms with van der Waals surface area (Å²) in [4.78, 5) is 11.2. The van der Waals surface area contributed by atoms with Gasteiger partial charge in [-0.2, -0.15) is 0 Å². The summed E-state index contributed by atoms with van der Waals surface area (Å²) in [6.45, 7) is 6.53. The van der Waals surface area contributed by atoms with E-state index in [4.69, 9.17) is 0 Å². The molecule has 1 fully saturated rings. The van der Waals surface area contributed by atoms with Crippen LogP contribution in [-0.2, 0) is 0 Å². The van der Waals surface area contributed by atoms with Crippen molar-refractivity contribution in [3.8, 4) is 11.1 Å². The Balaban J connectivity index is 1.55. The summed E-state index contributed by atoms with van der Waals surface area (Å²) < 4.78 is 0. The molecule has 4 heteroatoms. The second kappa shape index (κ2) is 7.26. The van der Waals surface area contributed by atoms with Crippen molar-refractivity contribution in [2.45, 2.75) is 12.8 Å². The zero-order chi connectivity index (χ0) is 17.9. The molecule has 1 aliphatic rings. The molecule has 1 aliphatic heterocycles. The number of rotatable bonds is 4. The number of piperidine rings is 1. The number of nitrogens with zero attached hydrogens (tertiary/aromatic N) is 3. The van der Waals surface area contributed by atoms with Crippen molar-refractivity contribution in [1.82, 2.24) is 14.9 Å². The number of hydrogen-bond acceptors (Lipinski definition) is 4. The quantitative estimate of drug-likeness (QED) is 0.753. The first-order valence-electron chi connectivity index (χ1n) is 9.13. The average molecular weight is 344 g/mol. The molecule has 0 spiro atoms. The fourth-order valence-corrected chi connectivity index (χ4v) is 3.55. The Hall–Kier alpha value is -2.72. The van der Waals surface area contributed by atoms with Gasteiger partial charge in [-0.25, -0.2) is 4.98 Å². The summed E-state index contributed by atoms with van der Waals surface area (Å²) in [6, 6.07) is 12.6. The number of likely N-dealkylation sites (tertiary alicyclic amines) is 1. The van der Waals surface area contributed by atoms with E-state index in [1.165, 1.54) is 5.39 Å². The Morgan fingerprint density at radius 2 is 1.92 bits per heavy atom. The molecule has 1 saturated heterocycles. The zero-order valence-electron chi connectivity index (χ0n) is 15.2. The van der Waals surface area contributed by atoms with Crippen LogP contribution < -0.4 is 5.32 Å². The lowest BCUT2D eigenvalue weighted by Crippen LogP contribution is -2.31. The van der Waals surface area contributed by atoms with Crippen molar-refractivity contribution in [2.75, 3.05) is 25.5 Å². The van der Waals surface area contributed by atoms with Crippen molar-refractivity contribution in [1.29, 1.82) is 0 Å². The molecular formula is C22H24N4. The minimum Gasteiger partial charge on any atom is -0.344 e. The van der Waals surface area contributed by atoms with E-state index in [9.17, 15) is 0 Å². The number of allylic oxidation sites excluding steroid dienone is 1. The van der Waals surface area contributed by atoms with Crippen LogP contribution in [0.1, 0.15) is 12.8 Å². The fourth-order valence-electron chi connectivity index (χ4n) is 3.55. The topological polar surface area (TPSA) is 41.1 Å². The standard InChI is InChI=1S/C22H24N4/c1-16(17-7-10-26(2)11-8-17)25-22-13-21-12-18(5-6-20(21)15-24-22)19-4-3-9-23-14-19/h3-6,9,12-15,17H,1,7-8,10-11H2,2H3,(H,24,25). The highest BCUT2D eigenvalue weighted by Crippen LogP contribution is 2.27. The van der Waals surface area contributed by atoms with Gasteiger partial charge in [-0.1, -0.05) is 24.8 Å². The zero-order valence-corrected chi connectivity index (χ0v) is 15.2. The molecule has 2 aromatic heterocycles. The van der Waals surface area contributed by atoms with Crippen molar-refractivity contribution in [3.63, 3.8) is 0 Å². The largest absolute Gasteiger partial charge is 0.344 e. The van der Waals surface area contributed by atoms with Gasteiger partial charge in [-0.3, -0.25) is 4.98 Å². The van der Waals surface area contributed by atoms with Crippen molar-refractivity contribution < 1.29 is 0 Å². The van der Waals surface area contributed by atoms with Crippen LogP contribution in [0, 0.1) is 5.92 Å². The maximum absolute atomic E-state index is 4.56. The van der Waals surface area contributed by atoms with Crippen molar-refractivity contribution in [3.05, 3.63) is 67.3 Å². The van der Waals surface area contributed by atoms with Gasteiger partial charge in [0.2, 0.25) is 0 Å². The molecule has 3 aromatic rings. The first-order chi connectivity index (χ1) is 12.7. The van der Waals surface area contributed by atoms with E-state index in [0.717, 1.165) is 54.0 Å². The molecular weight excluding hydrogens is 320 g/mol. The van der Waals surface area contributed by atoms with E-state index < -0.39 is 0 Å². The normalized spacial score (nSPS) is 15.9. The summed E-state index contributed by atoms with van der Waals surface area (Å²) in [7, 11) is 2.18. The third kappa shape index (κ3) is 3.60. The fraction of sp³-hybridized carbons (Fsp3) is 0.273. The van der Waals surface area contributed by atoms with Crippen LogP contribution in [0.3, 0.4) is 0 Å². The molecule has 0 radical (unpaired) electrons. The minimum absolute atomic E-state index is 0.519. The molecule has 4 nitrogen and oxygen atoms in total. The maximum Gasteiger partial charge on any atom is 0.130 e. The van der Waals surface area contributed by atoms with Gasteiger partial charge >= 0.3 is 0 Å². The molecule has 26 heavy (non-hydrogen) atoms. The molecule has 4 rings (SSSR count). The lowest BCUT2D eigenvalue weighted by atomic mass is 9.94. The molecule has 0 atom stereocenters. The second-order valence-electron chi connectivity index (χ2n) is 7.10. The van der Waals surface area contributed by atoms with E-state index in [0.29, 0.717) is 5.92 Å². The van der Waals surface area contributed by atoms with Crippen LogP contribution in [0.4, 0.5) is 5.82 Å². The lowest BCUT2D eigenvalue weighted by molar-refractivity contribution is 0.239. The second-order valence-corrected chi connectivity index (χ2v) is 7.10. The number of benzene rings is 1. The van der Waals surface area contributed by atoms with E-state index in [-0.39, 0.29) is 0 Å². The van der Waals surface area contributed by atoms with E-state index in [1.807, 2.05) is 18.5 Å². The number of aromatic nitrogens is 2. The van der Waals surface area contributed by atoms with Gasteiger partial charge in [-0.15, -0.1) is 0 Å². The number of hydrogen-bond donors (Lipinski definition) is 1.